The van der Waals surface area contributed by atoms with Crippen molar-refractivity contribution in [1.82, 2.24) is 45.3 Å². The molecule has 0 bridgehead atoms. The summed E-state index contributed by atoms with van der Waals surface area (Å²) in [5.41, 5.74) is 5.56. The third kappa shape index (κ3) is 20.4. The van der Waals surface area contributed by atoms with Gasteiger partial charge in [0.2, 0.25) is 53.2 Å². The smallest absolute Gasteiger partial charge is 0.326 e. The van der Waals surface area contributed by atoms with Crippen LogP contribution in [0.25, 0.3) is 0 Å². The Bertz CT molecular complexity index is 2480. The van der Waals surface area contributed by atoms with E-state index in [9.17, 15) is 48.3 Å². The van der Waals surface area contributed by atoms with Gasteiger partial charge in [0.15, 0.2) is 0 Å². The number of likely N-dealkylation sites (tertiary alicyclic amines) is 1. The second kappa shape index (κ2) is 33.2. The molecule has 0 aromatic heterocycles. The zero-order valence-corrected chi connectivity index (χ0v) is 54.3. The maximum Gasteiger partial charge on any atom is 0.326 e. The van der Waals surface area contributed by atoms with Gasteiger partial charge in [-0.25, -0.2) is 4.79 Å². The Hall–Kier alpha value is -6.85. The number of rotatable bonds is 30. The normalized spacial score (nSPS) is 17.1. The van der Waals surface area contributed by atoms with Crippen LogP contribution in [-0.2, 0) is 63.9 Å². The van der Waals surface area contributed by atoms with Crippen molar-refractivity contribution < 1.29 is 67.3 Å². The van der Waals surface area contributed by atoms with Crippen molar-refractivity contribution in [2.24, 2.45) is 35.3 Å². The first-order valence-electron chi connectivity index (χ1n) is 29.7. The summed E-state index contributed by atoms with van der Waals surface area (Å²) < 4.78 is 10.9. The van der Waals surface area contributed by atoms with Gasteiger partial charge in [-0.2, -0.15) is 0 Å². The maximum absolute atomic E-state index is 15.2. The van der Waals surface area contributed by atoms with E-state index in [1.807, 2.05) is 13.8 Å². The largest absolute Gasteiger partial charge is 0.497 e. The number of carbonyl (C=O) groups is 11. The molecule has 1 aromatic rings. The van der Waals surface area contributed by atoms with Gasteiger partial charge >= 0.3 is 11.9 Å². The number of aliphatic carboxylic acids is 1. The molecule has 2 rings (SSSR count). The second-order valence-electron chi connectivity index (χ2n) is 24.9. The minimum absolute atomic E-state index is 0.0515. The van der Waals surface area contributed by atoms with E-state index in [1.54, 1.807) is 107 Å². The number of piperidine rings is 1. The molecule has 1 aliphatic rings. The minimum atomic E-state index is -1.60. The number of nitrogens with two attached hydrogens (primary N) is 1. The van der Waals surface area contributed by atoms with Gasteiger partial charge in [0.1, 0.15) is 59.7 Å². The van der Waals surface area contributed by atoms with Crippen LogP contribution in [0.1, 0.15) is 141 Å². The van der Waals surface area contributed by atoms with Crippen molar-refractivity contribution in [1.29, 1.82) is 0 Å². The molecule has 1 aliphatic heterocycles. The summed E-state index contributed by atoms with van der Waals surface area (Å²) in [5, 5.41) is 18.1. The number of amides is 9. The van der Waals surface area contributed by atoms with Crippen molar-refractivity contribution in [3.05, 3.63) is 29.8 Å². The number of nitrogens with zero attached hydrogens (tertiary/aromatic N) is 6. The molecule has 24 nitrogen and oxygen atoms in total. The van der Waals surface area contributed by atoms with Gasteiger partial charge in [-0.1, -0.05) is 94.2 Å². The van der Waals surface area contributed by atoms with E-state index in [0.717, 1.165) is 14.7 Å². The van der Waals surface area contributed by atoms with Gasteiger partial charge in [0.25, 0.3) is 0 Å². The SMILES string of the molecule is CC[C@H](C)[C@@H](C(=O)NCC(=O)N(C)[C@H](C(=O)N[C@@H](Cc1ccc(OC)cc1)C(=O)O)C(C)C)N(C)C(=O)[C@H]([C@@H](C)CC)N(C)C(=O)[C@H](CC(=O)OC(C)(C)C)N(C)C(=O)[C@@H](NC(=O)[C@H](C(C)C)N(C)C(=O)[C@@H]1CCCCN1C(=O)[C@@H](C)N)C(C)C. The molecule has 1 saturated heterocycles. The molecule has 0 aliphatic carbocycles. The van der Waals surface area contributed by atoms with Crippen LogP contribution in [0.2, 0.25) is 0 Å². The van der Waals surface area contributed by atoms with Crippen molar-refractivity contribution in [3.63, 3.8) is 0 Å². The van der Waals surface area contributed by atoms with Crippen molar-refractivity contribution in [3.8, 4) is 5.75 Å². The van der Waals surface area contributed by atoms with E-state index in [0.29, 0.717) is 50.0 Å². The zero-order valence-electron chi connectivity index (χ0n) is 54.3. The molecule has 1 fully saturated rings. The molecule has 11 atom stereocenters. The quantitative estimate of drug-likeness (QED) is 0.0692. The number of hydrogen-bond acceptors (Lipinski definition) is 14. The molecule has 24 heteroatoms. The first-order chi connectivity index (χ1) is 39.4. The van der Waals surface area contributed by atoms with E-state index in [1.165, 1.54) is 57.0 Å². The summed E-state index contributed by atoms with van der Waals surface area (Å²) in [7, 11) is 8.44. The number of esters is 1. The van der Waals surface area contributed by atoms with Gasteiger partial charge in [0.05, 0.1) is 26.1 Å². The van der Waals surface area contributed by atoms with E-state index in [2.05, 4.69) is 16.0 Å². The van der Waals surface area contributed by atoms with E-state index in [-0.39, 0.29) is 12.3 Å². The van der Waals surface area contributed by atoms with E-state index >= 15 is 9.59 Å². The molecular formula is C61H102N10O14. The molecule has 6 N–H and O–H groups in total. The third-order valence-electron chi connectivity index (χ3n) is 16.0. The van der Waals surface area contributed by atoms with Crippen LogP contribution in [0.4, 0.5) is 0 Å². The average molecular weight is 1200 g/mol. The summed E-state index contributed by atoms with van der Waals surface area (Å²) >= 11 is 0. The average Bonchev–Trinajstić information content (AvgIpc) is 2.32. The van der Waals surface area contributed by atoms with Crippen molar-refractivity contribution in [2.75, 3.05) is 55.4 Å². The van der Waals surface area contributed by atoms with Gasteiger partial charge in [-0.05, 0) is 94.2 Å². The number of methoxy groups -OCH3 is 1. The Labute approximate surface area is 504 Å². The molecule has 0 unspecified atom stereocenters. The summed E-state index contributed by atoms with van der Waals surface area (Å²) in [6.45, 7) is 23.5. The van der Waals surface area contributed by atoms with Gasteiger partial charge in [-0.15, -0.1) is 0 Å². The number of ether oxygens (including phenoxy) is 2. The summed E-state index contributed by atoms with van der Waals surface area (Å²) in [6.07, 6.45) is 1.77. The number of nitrogens with one attached hydrogen (secondary N) is 3. The summed E-state index contributed by atoms with van der Waals surface area (Å²) in [6, 6.07) is -3.99. The van der Waals surface area contributed by atoms with Gasteiger partial charge in [0, 0.05) is 48.2 Å². The van der Waals surface area contributed by atoms with Crippen LogP contribution in [0.15, 0.2) is 24.3 Å². The number of benzene rings is 1. The Morgan fingerprint density at radius 3 is 1.66 bits per heavy atom. The molecule has 0 saturated carbocycles. The lowest BCUT2D eigenvalue weighted by molar-refractivity contribution is -0.162. The number of carboxylic acid groups (broad SMARTS) is 1. The molecule has 1 heterocycles. The topological polar surface area (TPSA) is 308 Å². The highest BCUT2D eigenvalue weighted by atomic mass is 16.6. The Morgan fingerprint density at radius 1 is 0.659 bits per heavy atom. The van der Waals surface area contributed by atoms with Crippen LogP contribution in [0, 0.1) is 29.6 Å². The highest BCUT2D eigenvalue weighted by Gasteiger charge is 2.45. The Balaban J connectivity index is 2.52. The molecule has 1 aromatic carbocycles. The molecule has 85 heavy (non-hydrogen) atoms. The lowest BCUT2D eigenvalue weighted by Gasteiger charge is -2.41. The first-order valence-corrected chi connectivity index (χ1v) is 29.7. The Morgan fingerprint density at radius 2 is 1.18 bits per heavy atom. The van der Waals surface area contributed by atoms with Crippen LogP contribution in [-0.4, -0.2) is 215 Å². The first kappa shape index (κ1) is 74.3. The zero-order chi connectivity index (χ0) is 65.3. The summed E-state index contributed by atoms with van der Waals surface area (Å²) in [4.78, 5) is 162. The van der Waals surface area contributed by atoms with Crippen molar-refractivity contribution in [2.45, 2.75) is 202 Å². The monoisotopic (exact) mass is 1200 g/mol. The number of likely N-dealkylation sites (N-methyl/N-ethyl adjacent to an activating group) is 5. The van der Waals surface area contributed by atoms with Crippen LogP contribution in [0.5, 0.6) is 5.75 Å². The minimum Gasteiger partial charge on any atom is -0.497 e. The van der Waals surface area contributed by atoms with Crippen LogP contribution >= 0.6 is 0 Å². The molecular weight excluding hydrogens is 1100 g/mol. The number of carbonyl (C=O) groups excluding carboxylic acids is 10. The fraction of sp³-hybridized carbons (Fsp3) is 0.721. The fourth-order valence-electron chi connectivity index (χ4n) is 10.8. The van der Waals surface area contributed by atoms with Crippen LogP contribution in [0.3, 0.4) is 0 Å². The van der Waals surface area contributed by atoms with Gasteiger partial charge in [-0.3, -0.25) is 47.9 Å². The van der Waals surface area contributed by atoms with E-state index in [4.69, 9.17) is 15.2 Å². The number of carboxylic acids is 1. The second-order valence-corrected chi connectivity index (χ2v) is 24.9. The lowest BCUT2D eigenvalue weighted by Crippen LogP contribution is -2.63. The van der Waals surface area contributed by atoms with E-state index < -0.39 is 162 Å². The third-order valence-corrected chi connectivity index (χ3v) is 16.0. The molecule has 0 spiro atoms. The predicted octanol–water partition coefficient (Wildman–Crippen LogP) is 3.06. The Kier molecular flexibility index (Phi) is 29.0. The molecule has 480 valence electrons. The number of hydrogen-bond donors (Lipinski definition) is 5. The maximum atomic E-state index is 15.2. The molecule has 0 radical (unpaired) electrons. The summed E-state index contributed by atoms with van der Waals surface area (Å²) in [5.74, 6) is -10.1. The highest BCUT2D eigenvalue weighted by molar-refractivity contribution is 5.99. The fourth-order valence-corrected chi connectivity index (χ4v) is 10.8. The lowest BCUT2D eigenvalue weighted by atomic mass is 9.92. The molecule has 9 amide bonds. The predicted molar refractivity (Wildman–Crippen MR) is 321 cm³/mol. The van der Waals surface area contributed by atoms with Gasteiger partial charge < -0.3 is 65.7 Å². The van der Waals surface area contributed by atoms with Crippen LogP contribution < -0.4 is 26.4 Å². The standard InChI is InChI=1S/C61H102N10O14/c1-21-37(9)50(52(74)63-33-45(72)67(16)48(35(5)6)53(75)64-42(60(82)83)31-40-26-28-41(84-20)29-27-40)69(18)59(81)51(38(10)22-2)70(19)57(79)44(32-46(73)85-61(12,13)14)66(15)58(80)47(34(3)4)65-54(76)49(36(7)8)68(17)56(78)43-25-23-24-30-71(43)55(77)39(11)62/h26-29,34-39,42-44,47-51H,21-25,30-33,62H2,1-20H3,(H,63,74)(H,64,75)(H,65,76)(H,82,83)/t37-,38-,39+,42-,43-,44-,47-,48-,49-,50-,51-/m0/s1. The van der Waals surface area contributed by atoms with Crippen molar-refractivity contribution >= 4 is 65.1 Å². The highest BCUT2D eigenvalue weighted by Crippen LogP contribution is 2.26.